The predicted molar refractivity (Wildman–Crippen MR) is 94.7 cm³/mol. The zero-order chi connectivity index (χ0) is 15.9. The minimum absolute atomic E-state index is 0.750. The first-order chi connectivity index (χ1) is 11.2. The number of anilines is 1. The molecule has 0 aliphatic carbocycles. The van der Waals surface area contributed by atoms with Crippen molar-refractivity contribution in [1.29, 1.82) is 0 Å². The number of hydrogen-bond acceptors (Lipinski definition) is 3. The van der Waals surface area contributed by atoms with E-state index in [2.05, 4.69) is 54.9 Å². The molecule has 0 bridgehead atoms. The van der Waals surface area contributed by atoms with Gasteiger partial charge in [-0.15, -0.1) is 0 Å². The molecule has 4 rings (SSSR count). The van der Waals surface area contributed by atoms with Crippen LogP contribution >= 0.6 is 0 Å². The number of fused-ring (bicyclic) bond motifs is 2. The molecule has 23 heavy (non-hydrogen) atoms. The third-order valence-corrected chi connectivity index (χ3v) is 4.90. The molecule has 4 heteroatoms. The molecule has 0 saturated carbocycles. The van der Waals surface area contributed by atoms with E-state index in [1.54, 1.807) is 0 Å². The van der Waals surface area contributed by atoms with Gasteiger partial charge in [0.2, 0.25) is 0 Å². The maximum absolute atomic E-state index is 6.03. The highest BCUT2D eigenvalue weighted by Crippen LogP contribution is 2.27. The average molecular weight is 308 g/mol. The van der Waals surface area contributed by atoms with Crippen LogP contribution in [-0.2, 0) is 0 Å². The fourth-order valence-electron chi connectivity index (χ4n) is 3.37. The van der Waals surface area contributed by atoms with E-state index in [0.717, 1.165) is 54.3 Å². The lowest BCUT2D eigenvalue weighted by atomic mass is 10.1. The number of benzene rings is 2. The molecule has 1 fully saturated rings. The molecule has 2 heterocycles. The minimum atomic E-state index is 0.750. The van der Waals surface area contributed by atoms with Crippen LogP contribution in [0.15, 0.2) is 53.5 Å². The Kier molecular flexibility index (Phi) is 3.34. The molecule has 118 valence electrons. The van der Waals surface area contributed by atoms with Crippen molar-refractivity contribution >= 4 is 27.9 Å². The van der Waals surface area contributed by atoms with E-state index in [0.29, 0.717) is 0 Å². The van der Waals surface area contributed by atoms with Gasteiger partial charge in [-0.3, -0.25) is 0 Å². The molecule has 0 radical (unpaired) electrons. The molecule has 0 atom stereocenters. The monoisotopic (exact) mass is 308 g/mol. The summed E-state index contributed by atoms with van der Waals surface area (Å²) in [6.45, 7) is 9.01. The summed E-state index contributed by atoms with van der Waals surface area (Å²) in [6.07, 6.45) is 2.01. The van der Waals surface area contributed by atoms with Gasteiger partial charge in [-0.2, -0.15) is 4.98 Å². The van der Waals surface area contributed by atoms with Gasteiger partial charge in [-0.1, -0.05) is 30.8 Å². The maximum Gasteiger partial charge on any atom is 0.298 e. The van der Waals surface area contributed by atoms with Crippen LogP contribution in [0, 0.1) is 0 Å². The highest BCUT2D eigenvalue weighted by atomic mass is 16.4. The van der Waals surface area contributed by atoms with Gasteiger partial charge in [0.25, 0.3) is 6.01 Å². The highest BCUT2D eigenvalue weighted by Gasteiger charge is 2.29. The standard InChI is InChI=1S/C19H22N3O/c1-3-10-22(2)11-8-21(9-12-22)19-20-17-13-15-6-4-5-7-16(15)14-18(17)23-19/h3-7,13-14H,1,8-12H2,2H3/q+1. The van der Waals surface area contributed by atoms with Crippen molar-refractivity contribution in [2.45, 2.75) is 0 Å². The van der Waals surface area contributed by atoms with Crippen LogP contribution < -0.4 is 4.90 Å². The summed E-state index contributed by atoms with van der Waals surface area (Å²) >= 11 is 0. The molecular weight excluding hydrogens is 286 g/mol. The molecular formula is C19H22N3O+. The Morgan fingerprint density at radius 3 is 2.61 bits per heavy atom. The predicted octanol–water partition coefficient (Wildman–Crippen LogP) is 3.43. The smallest absolute Gasteiger partial charge is 0.298 e. The van der Waals surface area contributed by atoms with E-state index in [9.17, 15) is 0 Å². The van der Waals surface area contributed by atoms with Crippen molar-refractivity contribution in [2.24, 2.45) is 0 Å². The van der Waals surface area contributed by atoms with Gasteiger partial charge in [0, 0.05) is 0 Å². The van der Waals surface area contributed by atoms with E-state index < -0.39 is 0 Å². The SMILES string of the molecule is C=CC[N+]1(C)CCN(c2nc3cc4ccccc4cc3o2)CC1. The summed E-state index contributed by atoms with van der Waals surface area (Å²) in [5, 5.41) is 2.39. The molecule has 3 aromatic rings. The summed E-state index contributed by atoms with van der Waals surface area (Å²) in [4.78, 5) is 6.97. The molecule has 4 nitrogen and oxygen atoms in total. The van der Waals surface area contributed by atoms with Crippen molar-refractivity contribution in [1.82, 2.24) is 4.98 Å². The molecule has 1 aliphatic heterocycles. The second-order valence-electron chi connectivity index (χ2n) is 6.69. The summed E-state index contributed by atoms with van der Waals surface area (Å²) in [6, 6.07) is 13.3. The van der Waals surface area contributed by atoms with Crippen LogP contribution in [0.4, 0.5) is 6.01 Å². The Hall–Kier alpha value is -2.33. The van der Waals surface area contributed by atoms with E-state index in [4.69, 9.17) is 9.40 Å². The van der Waals surface area contributed by atoms with E-state index in [1.807, 2.05) is 6.08 Å². The first-order valence-corrected chi connectivity index (χ1v) is 8.16. The van der Waals surface area contributed by atoms with Crippen molar-refractivity contribution in [3.8, 4) is 0 Å². The first kappa shape index (κ1) is 14.3. The number of piperazine rings is 1. The second kappa shape index (κ2) is 5.39. The normalized spacial score (nSPS) is 17.7. The molecule has 1 saturated heterocycles. The number of likely N-dealkylation sites (N-methyl/N-ethyl adjacent to an activating group) is 1. The summed E-state index contributed by atoms with van der Waals surface area (Å²) < 4.78 is 7.08. The van der Waals surface area contributed by atoms with Gasteiger partial charge in [0.15, 0.2) is 5.58 Å². The van der Waals surface area contributed by atoms with E-state index in [1.165, 1.54) is 10.8 Å². The van der Waals surface area contributed by atoms with Crippen molar-refractivity contribution < 1.29 is 8.90 Å². The molecule has 0 unspecified atom stereocenters. The Morgan fingerprint density at radius 1 is 1.22 bits per heavy atom. The molecule has 0 spiro atoms. The molecule has 1 aromatic heterocycles. The quantitative estimate of drug-likeness (QED) is 0.548. The zero-order valence-corrected chi connectivity index (χ0v) is 13.5. The lowest BCUT2D eigenvalue weighted by Crippen LogP contribution is -2.57. The molecule has 2 aromatic carbocycles. The third kappa shape index (κ3) is 2.59. The Bertz CT molecular complexity index is 807. The van der Waals surface area contributed by atoms with Crippen molar-refractivity contribution in [2.75, 3.05) is 44.7 Å². The van der Waals surface area contributed by atoms with Crippen LogP contribution in [0.2, 0.25) is 0 Å². The van der Waals surface area contributed by atoms with Crippen LogP contribution in [0.3, 0.4) is 0 Å². The van der Waals surface area contributed by atoms with Gasteiger partial charge in [0.05, 0.1) is 39.8 Å². The molecule has 0 amide bonds. The molecule has 0 N–H and O–H groups in total. The minimum Gasteiger partial charge on any atom is -0.423 e. The zero-order valence-electron chi connectivity index (χ0n) is 13.5. The summed E-state index contributed by atoms with van der Waals surface area (Å²) in [7, 11) is 2.29. The maximum atomic E-state index is 6.03. The van der Waals surface area contributed by atoms with Crippen LogP contribution in [0.5, 0.6) is 0 Å². The van der Waals surface area contributed by atoms with Crippen LogP contribution in [0.25, 0.3) is 21.9 Å². The van der Waals surface area contributed by atoms with Crippen LogP contribution in [0.1, 0.15) is 0 Å². The van der Waals surface area contributed by atoms with Gasteiger partial charge in [0.1, 0.15) is 5.52 Å². The third-order valence-electron chi connectivity index (χ3n) is 4.90. The number of oxazole rings is 1. The second-order valence-corrected chi connectivity index (χ2v) is 6.69. The number of hydrogen-bond donors (Lipinski definition) is 0. The summed E-state index contributed by atoms with van der Waals surface area (Å²) in [5.74, 6) is 0. The number of aromatic nitrogens is 1. The fourth-order valence-corrected chi connectivity index (χ4v) is 3.37. The van der Waals surface area contributed by atoms with Gasteiger partial charge < -0.3 is 13.8 Å². The Balaban J connectivity index is 1.62. The lowest BCUT2D eigenvalue weighted by Gasteiger charge is -2.40. The van der Waals surface area contributed by atoms with Crippen molar-refractivity contribution in [3.05, 3.63) is 49.1 Å². The lowest BCUT2D eigenvalue weighted by molar-refractivity contribution is -0.904. The van der Waals surface area contributed by atoms with Gasteiger partial charge >= 0.3 is 0 Å². The average Bonchev–Trinajstić information content (AvgIpc) is 2.96. The summed E-state index contributed by atoms with van der Waals surface area (Å²) in [5.41, 5.74) is 1.81. The van der Waals surface area contributed by atoms with E-state index >= 15 is 0 Å². The van der Waals surface area contributed by atoms with Crippen molar-refractivity contribution in [3.63, 3.8) is 0 Å². The number of rotatable bonds is 3. The van der Waals surface area contributed by atoms with Crippen LogP contribution in [-0.4, -0.2) is 49.2 Å². The Labute approximate surface area is 136 Å². The number of quaternary nitrogens is 1. The highest BCUT2D eigenvalue weighted by molar-refractivity contribution is 5.94. The number of nitrogens with zero attached hydrogens (tertiary/aromatic N) is 3. The van der Waals surface area contributed by atoms with Gasteiger partial charge in [-0.25, -0.2) is 0 Å². The van der Waals surface area contributed by atoms with Gasteiger partial charge in [-0.05, 0) is 29.0 Å². The first-order valence-electron chi connectivity index (χ1n) is 8.16. The molecule has 1 aliphatic rings. The largest absolute Gasteiger partial charge is 0.423 e. The van der Waals surface area contributed by atoms with E-state index in [-0.39, 0.29) is 0 Å². The Morgan fingerprint density at radius 2 is 1.91 bits per heavy atom. The fraction of sp³-hybridized carbons (Fsp3) is 0.316. The topological polar surface area (TPSA) is 29.3 Å².